The summed E-state index contributed by atoms with van der Waals surface area (Å²) in [6.07, 6.45) is -0.742. The lowest BCUT2D eigenvalue weighted by atomic mass is 10.2. The number of aromatic nitrogens is 4. The van der Waals surface area contributed by atoms with Crippen molar-refractivity contribution >= 4 is 33.9 Å². The van der Waals surface area contributed by atoms with E-state index in [0.29, 0.717) is 27.8 Å². The van der Waals surface area contributed by atoms with E-state index >= 15 is 0 Å². The van der Waals surface area contributed by atoms with Crippen LogP contribution in [-0.2, 0) is 4.79 Å². The minimum absolute atomic E-state index is 0.0399. The summed E-state index contributed by atoms with van der Waals surface area (Å²) in [5.41, 5.74) is 1.53. The third-order valence-corrected chi connectivity index (χ3v) is 3.84. The van der Waals surface area contributed by atoms with Crippen molar-refractivity contribution in [2.75, 3.05) is 5.32 Å². The van der Waals surface area contributed by atoms with Crippen molar-refractivity contribution in [2.45, 2.75) is 13.0 Å². The average Bonchev–Trinajstić information content (AvgIpc) is 2.99. The van der Waals surface area contributed by atoms with Gasteiger partial charge in [0.2, 0.25) is 0 Å². The normalized spacial score (nSPS) is 12.2. The van der Waals surface area contributed by atoms with Gasteiger partial charge in [0.05, 0.1) is 0 Å². The van der Waals surface area contributed by atoms with E-state index in [-0.39, 0.29) is 11.8 Å². The van der Waals surface area contributed by atoms with Crippen LogP contribution in [0, 0.1) is 5.82 Å². The van der Waals surface area contributed by atoms with Crippen LogP contribution in [0.15, 0.2) is 48.5 Å². The van der Waals surface area contributed by atoms with E-state index in [2.05, 4.69) is 25.5 Å². The first-order valence-electron chi connectivity index (χ1n) is 7.94. The molecule has 1 unspecified atom stereocenters. The fourth-order valence-electron chi connectivity index (χ4n) is 2.56. The molecule has 0 saturated heterocycles. The first-order chi connectivity index (χ1) is 12.6. The SMILES string of the molecule is CC(Oc1ccccc1)C(=O)Nc1nnc2c(n1)[nH]c1ccc(F)cc12. The van der Waals surface area contributed by atoms with Crippen molar-refractivity contribution in [3.63, 3.8) is 0 Å². The van der Waals surface area contributed by atoms with E-state index in [1.54, 1.807) is 25.1 Å². The number of aromatic amines is 1. The second-order valence-electron chi connectivity index (χ2n) is 5.71. The Morgan fingerprint density at radius 2 is 2.00 bits per heavy atom. The molecule has 2 aromatic heterocycles. The number of hydrogen-bond acceptors (Lipinski definition) is 5. The molecule has 7 nitrogen and oxygen atoms in total. The topological polar surface area (TPSA) is 92.8 Å². The van der Waals surface area contributed by atoms with E-state index in [1.165, 1.54) is 12.1 Å². The minimum atomic E-state index is -0.742. The second-order valence-corrected chi connectivity index (χ2v) is 5.71. The number of fused-ring (bicyclic) bond motifs is 3. The number of hydrogen-bond donors (Lipinski definition) is 2. The molecule has 2 aromatic carbocycles. The Kier molecular flexibility index (Phi) is 3.92. The van der Waals surface area contributed by atoms with Gasteiger partial charge in [-0.1, -0.05) is 18.2 Å². The largest absolute Gasteiger partial charge is 0.481 e. The molecule has 26 heavy (non-hydrogen) atoms. The number of carbonyl (C=O) groups is 1. The number of benzene rings is 2. The molecule has 0 aliphatic heterocycles. The number of halogens is 1. The standard InChI is InChI=1S/C18H14FN5O2/c1-10(26-12-5-3-2-4-6-12)17(25)22-18-21-16-15(23-24-18)13-9-11(19)7-8-14(13)20-16/h2-10H,1H3,(H2,20,21,22,24,25). The summed E-state index contributed by atoms with van der Waals surface area (Å²) in [6, 6.07) is 13.3. The van der Waals surface area contributed by atoms with Gasteiger partial charge in [0.25, 0.3) is 11.9 Å². The fraction of sp³-hybridized carbons (Fsp3) is 0.111. The van der Waals surface area contributed by atoms with Gasteiger partial charge < -0.3 is 9.72 Å². The lowest BCUT2D eigenvalue weighted by molar-refractivity contribution is -0.122. The molecule has 1 atom stereocenters. The van der Waals surface area contributed by atoms with Gasteiger partial charge in [0, 0.05) is 10.9 Å². The maximum absolute atomic E-state index is 13.4. The predicted molar refractivity (Wildman–Crippen MR) is 94.3 cm³/mol. The molecule has 0 radical (unpaired) electrons. The number of nitrogens with zero attached hydrogens (tertiary/aromatic N) is 3. The van der Waals surface area contributed by atoms with Gasteiger partial charge in [-0.25, -0.2) is 4.39 Å². The molecule has 4 rings (SSSR count). The van der Waals surface area contributed by atoms with Crippen molar-refractivity contribution in [3.8, 4) is 5.75 Å². The number of ether oxygens (including phenoxy) is 1. The Bertz CT molecular complexity index is 1100. The molecule has 2 heterocycles. The first-order valence-corrected chi connectivity index (χ1v) is 7.94. The van der Waals surface area contributed by atoms with Gasteiger partial charge in [-0.15, -0.1) is 10.2 Å². The molecule has 0 saturated carbocycles. The van der Waals surface area contributed by atoms with Crippen LogP contribution in [0.1, 0.15) is 6.92 Å². The number of rotatable bonds is 4. The molecule has 1 amide bonds. The first kappa shape index (κ1) is 15.9. The van der Waals surface area contributed by atoms with Gasteiger partial charge >= 0.3 is 0 Å². The Balaban J connectivity index is 1.55. The molecule has 8 heteroatoms. The zero-order chi connectivity index (χ0) is 18.1. The fourth-order valence-corrected chi connectivity index (χ4v) is 2.56. The third-order valence-electron chi connectivity index (χ3n) is 3.84. The molecule has 2 N–H and O–H groups in total. The summed E-state index contributed by atoms with van der Waals surface area (Å²) in [6.45, 7) is 1.63. The molecule has 0 fully saturated rings. The van der Waals surface area contributed by atoms with Crippen LogP contribution in [0.2, 0.25) is 0 Å². The van der Waals surface area contributed by atoms with Crippen molar-refractivity contribution < 1.29 is 13.9 Å². The third kappa shape index (κ3) is 3.04. The van der Waals surface area contributed by atoms with Gasteiger partial charge in [-0.05, 0) is 37.3 Å². The number of amides is 1. The Morgan fingerprint density at radius 3 is 2.81 bits per heavy atom. The van der Waals surface area contributed by atoms with Crippen LogP contribution >= 0.6 is 0 Å². The van der Waals surface area contributed by atoms with Gasteiger partial charge in [0.1, 0.15) is 17.1 Å². The highest BCUT2D eigenvalue weighted by molar-refractivity contribution is 6.03. The molecular weight excluding hydrogens is 337 g/mol. The molecular formula is C18H14FN5O2. The molecule has 0 aliphatic rings. The van der Waals surface area contributed by atoms with Crippen molar-refractivity contribution in [1.82, 2.24) is 20.2 Å². The summed E-state index contributed by atoms with van der Waals surface area (Å²) >= 11 is 0. The molecule has 0 aliphatic carbocycles. The lowest BCUT2D eigenvalue weighted by Crippen LogP contribution is -2.30. The number of H-pyrrole nitrogens is 1. The second kappa shape index (κ2) is 6.40. The van der Waals surface area contributed by atoms with E-state index in [4.69, 9.17) is 4.74 Å². The van der Waals surface area contributed by atoms with Gasteiger partial charge in [0.15, 0.2) is 11.8 Å². The van der Waals surface area contributed by atoms with E-state index < -0.39 is 12.0 Å². The maximum Gasteiger partial charge on any atom is 0.267 e. The highest BCUT2D eigenvalue weighted by Gasteiger charge is 2.17. The van der Waals surface area contributed by atoms with E-state index in [1.807, 2.05) is 18.2 Å². The van der Waals surface area contributed by atoms with Crippen LogP contribution in [0.4, 0.5) is 10.3 Å². The number of anilines is 1. The molecule has 0 bridgehead atoms. The van der Waals surface area contributed by atoms with Crippen LogP contribution in [0.25, 0.3) is 22.1 Å². The Labute approximate surface area is 147 Å². The van der Waals surface area contributed by atoms with E-state index in [0.717, 1.165) is 0 Å². The summed E-state index contributed by atoms with van der Waals surface area (Å²) in [7, 11) is 0. The van der Waals surface area contributed by atoms with Gasteiger partial charge in [-0.2, -0.15) is 4.98 Å². The highest BCUT2D eigenvalue weighted by Crippen LogP contribution is 2.23. The quantitative estimate of drug-likeness (QED) is 0.589. The van der Waals surface area contributed by atoms with Crippen LogP contribution in [0.3, 0.4) is 0 Å². The molecule has 0 spiro atoms. The van der Waals surface area contributed by atoms with Crippen molar-refractivity contribution in [2.24, 2.45) is 0 Å². The summed E-state index contributed by atoms with van der Waals surface area (Å²) in [5, 5.41) is 11.1. The number of para-hydroxylation sites is 1. The Morgan fingerprint density at radius 1 is 1.19 bits per heavy atom. The smallest absolute Gasteiger partial charge is 0.267 e. The van der Waals surface area contributed by atoms with Crippen LogP contribution in [-0.4, -0.2) is 32.2 Å². The zero-order valence-electron chi connectivity index (χ0n) is 13.7. The predicted octanol–water partition coefficient (Wildman–Crippen LogP) is 3.05. The van der Waals surface area contributed by atoms with Crippen LogP contribution in [0.5, 0.6) is 5.75 Å². The highest BCUT2D eigenvalue weighted by atomic mass is 19.1. The molecule has 4 aromatic rings. The number of nitrogens with one attached hydrogen (secondary N) is 2. The lowest BCUT2D eigenvalue weighted by Gasteiger charge is -2.13. The summed E-state index contributed by atoms with van der Waals surface area (Å²) in [4.78, 5) is 19.5. The van der Waals surface area contributed by atoms with E-state index in [9.17, 15) is 9.18 Å². The van der Waals surface area contributed by atoms with Gasteiger partial charge in [-0.3, -0.25) is 10.1 Å². The Hall–Kier alpha value is -3.55. The monoisotopic (exact) mass is 351 g/mol. The number of carbonyl (C=O) groups excluding carboxylic acids is 1. The van der Waals surface area contributed by atoms with Crippen LogP contribution < -0.4 is 10.1 Å². The molecule has 130 valence electrons. The zero-order valence-corrected chi connectivity index (χ0v) is 13.7. The minimum Gasteiger partial charge on any atom is -0.481 e. The van der Waals surface area contributed by atoms with Crippen molar-refractivity contribution in [1.29, 1.82) is 0 Å². The summed E-state index contributed by atoms with van der Waals surface area (Å²) < 4.78 is 19.0. The summed E-state index contributed by atoms with van der Waals surface area (Å²) in [5.74, 6) is -0.151. The maximum atomic E-state index is 13.4. The van der Waals surface area contributed by atoms with Crippen molar-refractivity contribution in [3.05, 3.63) is 54.3 Å². The average molecular weight is 351 g/mol.